The number of carbonyl (C=O) groups is 1. The molecule has 158 valence electrons. The summed E-state index contributed by atoms with van der Waals surface area (Å²) >= 11 is 5.88. The van der Waals surface area contributed by atoms with Gasteiger partial charge >= 0.3 is 6.36 Å². The molecule has 0 saturated carbocycles. The van der Waals surface area contributed by atoms with Crippen molar-refractivity contribution in [2.45, 2.75) is 31.2 Å². The number of hydrogen-bond acceptors (Lipinski definition) is 3. The smallest absolute Gasteiger partial charge is 0.410 e. The summed E-state index contributed by atoms with van der Waals surface area (Å²) in [5.41, 5.74) is 2.39. The minimum atomic E-state index is -4.77. The number of ether oxygens (including phenoxy) is 1. The van der Waals surface area contributed by atoms with Crippen LogP contribution in [0.3, 0.4) is 0 Å². The van der Waals surface area contributed by atoms with Gasteiger partial charge in [0.1, 0.15) is 11.8 Å². The number of benzene rings is 2. The first-order valence-electron chi connectivity index (χ1n) is 9.65. The Morgan fingerprint density at radius 3 is 2.63 bits per heavy atom. The Bertz CT molecular complexity index is 960. The highest BCUT2D eigenvalue weighted by Gasteiger charge is 2.47. The lowest BCUT2D eigenvalue weighted by atomic mass is 9.78. The monoisotopic (exact) mass is 436 g/mol. The maximum Gasteiger partial charge on any atom is 0.572 e. The molecule has 1 aliphatic heterocycles. The van der Waals surface area contributed by atoms with Gasteiger partial charge in [-0.2, -0.15) is 0 Å². The number of alkyl halides is 3. The van der Waals surface area contributed by atoms with Crippen molar-refractivity contribution in [2.75, 3.05) is 11.9 Å². The van der Waals surface area contributed by atoms with E-state index < -0.39 is 18.3 Å². The van der Waals surface area contributed by atoms with E-state index in [1.165, 1.54) is 6.08 Å². The average molecular weight is 437 g/mol. The van der Waals surface area contributed by atoms with Crippen LogP contribution in [0.4, 0.5) is 18.9 Å². The minimum absolute atomic E-state index is 0.139. The molecule has 2 N–H and O–H groups in total. The molecule has 0 aromatic heterocycles. The third kappa shape index (κ3) is 4.41. The lowest BCUT2D eigenvalue weighted by molar-refractivity contribution is -0.307. The van der Waals surface area contributed by atoms with Crippen molar-refractivity contribution in [1.82, 2.24) is 5.32 Å². The third-order valence-corrected chi connectivity index (χ3v) is 5.76. The zero-order chi connectivity index (χ0) is 21.3. The lowest BCUT2D eigenvalue weighted by Gasteiger charge is -2.37. The number of para-hydroxylation sites is 1. The lowest BCUT2D eigenvalue weighted by Crippen LogP contribution is -2.48. The molecule has 0 spiro atoms. The van der Waals surface area contributed by atoms with Crippen LogP contribution in [0.2, 0.25) is 5.02 Å². The molecule has 1 heterocycles. The van der Waals surface area contributed by atoms with E-state index in [0.29, 0.717) is 35.7 Å². The molecule has 2 aromatic rings. The first kappa shape index (κ1) is 20.6. The Balaban J connectivity index is 1.48. The molecule has 0 radical (unpaired) electrons. The van der Waals surface area contributed by atoms with Crippen molar-refractivity contribution in [3.05, 3.63) is 76.5 Å². The van der Waals surface area contributed by atoms with Gasteiger partial charge in [-0.1, -0.05) is 41.9 Å². The number of amides is 1. The Morgan fingerprint density at radius 1 is 1.17 bits per heavy atom. The zero-order valence-corrected chi connectivity index (χ0v) is 16.6. The normalized spacial score (nSPS) is 22.4. The fourth-order valence-corrected chi connectivity index (χ4v) is 4.33. The summed E-state index contributed by atoms with van der Waals surface area (Å²) in [6.07, 6.45) is -2.37. The number of hydrogen-bond donors (Lipinski definition) is 2. The van der Waals surface area contributed by atoms with Gasteiger partial charge in [-0.3, -0.25) is 4.79 Å². The van der Waals surface area contributed by atoms with E-state index in [-0.39, 0.29) is 17.6 Å². The van der Waals surface area contributed by atoms with Crippen LogP contribution in [0.5, 0.6) is 0 Å². The summed E-state index contributed by atoms with van der Waals surface area (Å²) in [4.78, 5) is 12.9. The van der Waals surface area contributed by atoms with Crippen molar-refractivity contribution >= 4 is 23.2 Å². The standard InChI is InChI=1S/C22H20ClF3N2O2/c23-14-7-5-13(6-8-14)11-12-27-21(29)20-16-9-10-18(30-22(24,25)26)19(16)15-3-1-2-4-17(15)28-20/h1-8,10,16,19-20,28H,9,11-12H2,(H,27,29). The largest absolute Gasteiger partial charge is 0.572 e. The molecule has 1 amide bonds. The topological polar surface area (TPSA) is 50.4 Å². The number of rotatable bonds is 5. The summed E-state index contributed by atoms with van der Waals surface area (Å²) in [5, 5.41) is 6.75. The van der Waals surface area contributed by atoms with Gasteiger partial charge in [0.15, 0.2) is 0 Å². The van der Waals surface area contributed by atoms with Crippen molar-refractivity contribution in [3.63, 3.8) is 0 Å². The van der Waals surface area contributed by atoms with E-state index in [9.17, 15) is 18.0 Å². The molecule has 2 aromatic carbocycles. The number of fused-ring (bicyclic) bond motifs is 3. The number of anilines is 1. The van der Waals surface area contributed by atoms with E-state index >= 15 is 0 Å². The molecular formula is C22H20ClF3N2O2. The van der Waals surface area contributed by atoms with Crippen LogP contribution in [-0.2, 0) is 16.0 Å². The maximum absolute atomic E-state index is 12.9. The summed E-state index contributed by atoms with van der Waals surface area (Å²) < 4.78 is 42.9. The van der Waals surface area contributed by atoms with Crippen molar-refractivity contribution < 1.29 is 22.7 Å². The number of carbonyl (C=O) groups excluding carboxylic acids is 1. The van der Waals surface area contributed by atoms with Gasteiger partial charge in [-0.25, -0.2) is 0 Å². The Kier molecular flexibility index (Phi) is 5.64. The van der Waals surface area contributed by atoms with E-state index in [1.54, 1.807) is 36.4 Å². The molecule has 0 bridgehead atoms. The molecule has 2 aliphatic rings. The first-order chi connectivity index (χ1) is 14.3. The molecule has 0 saturated heterocycles. The third-order valence-electron chi connectivity index (χ3n) is 5.50. The van der Waals surface area contributed by atoms with Crippen molar-refractivity contribution in [2.24, 2.45) is 5.92 Å². The van der Waals surface area contributed by atoms with Crippen LogP contribution in [0.1, 0.15) is 23.5 Å². The van der Waals surface area contributed by atoms with Gasteiger partial charge in [0, 0.05) is 29.1 Å². The van der Waals surface area contributed by atoms with Gasteiger partial charge in [0.05, 0.1) is 0 Å². The molecule has 4 nitrogen and oxygen atoms in total. The van der Waals surface area contributed by atoms with Crippen LogP contribution >= 0.6 is 11.6 Å². The van der Waals surface area contributed by atoms with Gasteiger partial charge < -0.3 is 15.4 Å². The first-order valence-corrected chi connectivity index (χ1v) is 10.0. The highest BCUT2D eigenvalue weighted by Crippen LogP contribution is 2.49. The Morgan fingerprint density at radius 2 is 1.90 bits per heavy atom. The van der Waals surface area contributed by atoms with Crippen LogP contribution in [0.15, 0.2) is 60.4 Å². The van der Waals surface area contributed by atoms with Gasteiger partial charge in [0.2, 0.25) is 5.91 Å². The van der Waals surface area contributed by atoms with E-state index in [4.69, 9.17) is 11.6 Å². The fraction of sp³-hybridized carbons (Fsp3) is 0.318. The van der Waals surface area contributed by atoms with Gasteiger partial charge in [-0.05, 0) is 48.2 Å². The molecule has 4 rings (SSSR count). The average Bonchev–Trinajstić information content (AvgIpc) is 3.11. The summed E-state index contributed by atoms with van der Waals surface area (Å²) in [6, 6.07) is 13.8. The summed E-state index contributed by atoms with van der Waals surface area (Å²) in [7, 11) is 0. The Labute approximate surface area is 177 Å². The predicted octanol–water partition coefficient (Wildman–Crippen LogP) is 5.02. The van der Waals surface area contributed by atoms with Crippen LogP contribution in [0.25, 0.3) is 0 Å². The van der Waals surface area contributed by atoms with E-state index in [1.807, 2.05) is 12.1 Å². The second-order valence-electron chi connectivity index (χ2n) is 7.41. The van der Waals surface area contributed by atoms with Gasteiger partial charge in [0.25, 0.3) is 0 Å². The number of nitrogens with one attached hydrogen (secondary N) is 2. The summed E-state index contributed by atoms with van der Waals surface area (Å²) in [6.45, 7) is 0.414. The Hall–Kier alpha value is -2.67. The SMILES string of the molecule is O=C(NCCc1ccc(Cl)cc1)C1Nc2ccccc2C2C(OC(F)(F)F)=CCC12. The molecule has 8 heteroatoms. The highest BCUT2D eigenvalue weighted by molar-refractivity contribution is 6.30. The second-order valence-corrected chi connectivity index (χ2v) is 7.84. The van der Waals surface area contributed by atoms with Crippen molar-refractivity contribution in [3.8, 4) is 0 Å². The second kappa shape index (κ2) is 8.22. The predicted molar refractivity (Wildman–Crippen MR) is 108 cm³/mol. The number of allylic oxidation sites excluding steroid dienone is 2. The minimum Gasteiger partial charge on any atom is -0.410 e. The van der Waals surface area contributed by atoms with Crippen LogP contribution in [-0.4, -0.2) is 24.9 Å². The molecule has 0 fully saturated rings. The van der Waals surface area contributed by atoms with Crippen LogP contribution in [0, 0.1) is 5.92 Å². The molecule has 3 atom stereocenters. The molecule has 30 heavy (non-hydrogen) atoms. The zero-order valence-electron chi connectivity index (χ0n) is 15.9. The van der Waals surface area contributed by atoms with Crippen molar-refractivity contribution in [1.29, 1.82) is 0 Å². The highest BCUT2D eigenvalue weighted by atomic mass is 35.5. The molecule has 1 aliphatic carbocycles. The molecule has 3 unspecified atom stereocenters. The fourth-order valence-electron chi connectivity index (χ4n) is 4.20. The quantitative estimate of drug-likeness (QED) is 0.692. The number of halogens is 4. The van der Waals surface area contributed by atoms with E-state index in [0.717, 1.165) is 5.56 Å². The summed E-state index contributed by atoms with van der Waals surface area (Å²) in [5.74, 6) is -1.35. The van der Waals surface area contributed by atoms with Crippen LogP contribution < -0.4 is 10.6 Å². The van der Waals surface area contributed by atoms with E-state index in [2.05, 4.69) is 15.4 Å². The van der Waals surface area contributed by atoms with Gasteiger partial charge in [-0.15, -0.1) is 13.2 Å². The maximum atomic E-state index is 12.9. The molecular weight excluding hydrogens is 417 g/mol.